The highest BCUT2D eigenvalue weighted by Crippen LogP contribution is 2.41. The number of rotatable bonds is 3. The minimum Gasteiger partial charge on any atom is -0.481 e. The lowest BCUT2D eigenvalue weighted by Gasteiger charge is -2.22. The summed E-state index contributed by atoms with van der Waals surface area (Å²) < 4.78 is 0. The molecular weight excluding hydrogens is 180 g/mol. The van der Waals surface area contributed by atoms with Gasteiger partial charge >= 0.3 is 5.97 Å². The largest absolute Gasteiger partial charge is 0.481 e. The molecule has 0 unspecified atom stereocenters. The van der Waals surface area contributed by atoms with E-state index in [0.717, 1.165) is 25.7 Å². The Morgan fingerprint density at radius 1 is 1.21 bits per heavy atom. The van der Waals surface area contributed by atoms with Crippen molar-refractivity contribution in [2.24, 2.45) is 5.41 Å². The maximum Gasteiger partial charge on any atom is 0.304 e. The van der Waals surface area contributed by atoms with E-state index in [2.05, 4.69) is 0 Å². The Balaban J connectivity index is 0.000000791. The average molecular weight is 200 g/mol. The number of carboxylic acid groups (broad SMARTS) is 1. The summed E-state index contributed by atoms with van der Waals surface area (Å²) in [7, 11) is 0. The van der Waals surface area contributed by atoms with E-state index in [0.29, 0.717) is 0 Å². The van der Waals surface area contributed by atoms with Gasteiger partial charge in [0, 0.05) is 5.41 Å². The van der Waals surface area contributed by atoms with Crippen molar-refractivity contribution in [1.82, 2.24) is 0 Å². The zero-order valence-corrected chi connectivity index (χ0v) is 9.30. The number of carbonyl (C=O) groups is 2. The molecule has 0 saturated heterocycles. The molecule has 0 amide bonds. The van der Waals surface area contributed by atoms with Gasteiger partial charge in [-0.3, -0.25) is 9.59 Å². The third kappa shape index (κ3) is 3.13. The Kier molecular flexibility index (Phi) is 5.43. The standard InChI is InChI=1S/C9H14O3.C2H6/c1-7(10)9(6-8(11)12)4-2-3-5-9;1-2/h2-6H2,1H3,(H,11,12);1-2H3. The van der Waals surface area contributed by atoms with Gasteiger partial charge < -0.3 is 5.11 Å². The highest BCUT2D eigenvalue weighted by atomic mass is 16.4. The molecule has 1 rings (SSSR count). The van der Waals surface area contributed by atoms with E-state index < -0.39 is 11.4 Å². The predicted octanol–water partition coefficient (Wildman–Crippen LogP) is 2.64. The first-order valence-corrected chi connectivity index (χ1v) is 5.30. The fourth-order valence-electron chi connectivity index (χ4n) is 1.99. The summed E-state index contributed by atoms with van der Waals surface area (Å²) in [5.74, 6) is -0.811. The van der Waals surface area contributed by atoms with E-state index >= 15 is 0 Å². The van der Waals surface area contributed by atoms with Crippen LogP contribution in [-0.4, -0.2) is 16.9 Å². The van der Waals surface area contributed by atoms with Crippen LogP contribution in [0.5, 0.6) is 0 Å². The first-order chi connectivity index (χ1) is 6.57. The van der Waals surface area contributed by atoms with Gasteiger partial charge in [-0.15, -0.1) is 0 Å². The molecule has 1 saturated carbocycles. The van der Waals surface area contributed by atoms with Gasteiger partial charge in [-0.2, -0.15) is 0 Å². The van der Waals surface area contributed by atoms with E-state index in [1.807, 2.05) is 13.8 Å². The SMILES string of the molecule is CC.CC(=O)C1(CC(=O)O)CCCC1. The van der Waals surface area contributed by atoms with Gasteiger partial charge in [0.25, 0.3) is 0 Å². The smallest absolute Gasteiger partial charge is 0.304 e. The second-order valence-electron chi connectivity index (χ2n) is 3.61. The molecule has 0 radical (unpaired) electrons. The lowest BCUT2D eigenvalue weighted by molar-refractivity contribution is -0.143. The minimum atomic E-state index is -0.855. The van der Waals surface area contributed by atoms with Crippen LogP contribution in [0.25, 0.3) is 0 Å². The summed E-state index contributed by atoms with van der Waals surface area (Å²) in [6.45, 7) is 5.51. The molecule has 82 valence electrons. The van der Waals surface area contributed by atoms with Gasteiger partial charge in [0.15, 0.2) is 0 Å². The Bertz CT molecular complexity index is 203. The number of hydrogen-bond acceptors (Lipinski definition) is 2. The van der Waals surface area contributed by atoms with Crippen molar-refractivity contribution in [2.75, 3.05) is 0 Å². The lowest BCUT2D eigenvalue weighted by Crippen LogP contribution is -2.28. The van der Waals surface area contributed by atoms with Crippen molar-refractivity contribution < 1.29 is 14.7 Å². The average Bonchev–Trinajstić information content (AvgIpc) is 2.57. The van der Waals surface area contributed by atoms with Crippen molar-refractivity contribution in [3.8, 4) is 0 Å². The Morgan fingerprint density at radius 3 is 1.93 bits per heavy atom. The Labute approximate surface area is 85.5 Å². The van der Waals surface area contributed by atoms with Crippen LogP contribution in [0.1, 0.15) is 52.9 Å². The molecule has 1 aliphatic rings. The van der Waals surface area contributed by atoms with Crippen LogP contribution in [0.2, 0.25) is 0 Å². The summed E-state index contributed by atoms with van der Waals surface area (Å²) in [5, 5.41) is 8.64. The molecule has 0 aromatic heterocycles. The minimum absolute atomic E-state index is 0.0162. The quantitative estimate of drug-likeness (QED) is 0.762. The molecule has 0 atom stereocenters. The van der Waals surface area contributed by atoms with E-state index in [4.69, 9.17) is 5.11 Å². The van der Waals surface area contributed by atoms with E-state index in [9.17, 15) is 9.59 Å². The molecular formula is C11H20O3. The van der Waals surface area contributed by atoms with Crippen LogP contribution < -0.4 is 0 Å². The third-order valence-electron chi connectivity index (χ3n) is 2.80. The molecule has 0 aromatic rings. The van der Waals surface area contributed by atoms with E-state index in [1.165, 1.54) is 6.92 Å². The zero-order valence-electron chi connectivity index (χ0n) is 9.30. The second-order valence-corrected chi connectivity index (χ2v) is 3.61. The second kappa shape index (κ2) is 5.78. The van der Waals surface area contributed by atoms with Crippen LogP contribution in [0.15, 0.2) is 0 Å². The molecule has 3 heteroatoms. The van der Waals surface area contributed by atoms with Crippen LogP contribution >= 0.6 is 0 Å². The molecule has 14 heavy (non-hydrogen) atoms. The number of Topliss-reactive ketones (excluding diaryl/α,β-unsaturated/α-hetero) is 1. The highest BCUT2D eigenvalue weighted by molar-refractivity contribution is 5.86. The zero-order chi connectivity index (χ0) is 11.2. The molecule has 3 nitrogen and oxygen atoms in total. The monoisotopic (exact) mass is 200 g/mol. The van der Waals surface area contributed by atoms with Crippen molar-refractivity contribution in [3.05, 3.63) is 0 Å². The van der Waals surface area contributed by atoms with Crippen molar-refractivity contribution in [2.45, 2.75) is 52.9 Å². The number of carbonyl (C=O) groups excluding carboxylic acids is 1. The van der Waals surface area contributed by atoms with Gasteiger partial charge in [-0.1, -0.05) is 26.7 Å². The maximum atomic E-state index is 11.2. The van der Waals surface area contributed by atoms with Crippen molar-refractivity contribution in [1.29, 1.82) is 0 Å². The molecule has 0 bridgehead atoms. The number of carboxylic acids is 1. The first kappa shape index (κ1) is 13.1. The van der Waals surface area contributed by atoms with Crippen LogP contribution in [0.4, 0.5) is 0 Å². The fraction of sp³-hybridized carbons (Fsp3) is 0.818. The van der Waals surface area contributed by atoms with Crippen LogP contribution in [-0.2, 0) is 9.59 Å². The summed E-state index contributed by atoms with van der Waals surface area (Å²) in [5.41, 5.74) is -0.522. The van der Waals surface area contributed by atoms with Crippen molar-refractivity contribution in [3.63, 3.8) is 0 Å². The number of aliphatic carboxylic acids is 1. The highest BCUT2D eigenvalue weighted by Gasteiger charge is 2.40. The van der Waals surface area contributed by atoms with E-state index in [1.54, 1.807) is 0 Å². The Hall–Kier alpha value is -0.860. The molecule has 0 aliphatic heterocycles. The van der Waals surface area contributed by atoms with Crippen LogP contribution in [0, 0.1) is 5.41 Å². The van der Waals surface area contributed by atoms with Gasteiger partial charge in [-0.25, -0.2) is 0 Å². The predicted molar refractivity (Wildman–Crippen MR) is 55.2 cm³/mol. The van der Waals surface area contributed by atoms with Gasteiger partial charge in [-0.05, 0) is 19.8 Å². The summed E-state index contributed by atoms with van der Waals surface area (Å²) in [4.78, 5) is 21.8. The molecule has 0 heterocycles. The molecule has 0 aromatic carbocycles. The normalized spacial score (nSPS) is 18.2. The fourth-order valence-corrected chi connectivity index (χ4v) is 1.99. The Morgan fingerprint density at radius 2 is 1.64 bits per heavy atom. The molecule has 1 N–H and O–H groups in total. The lowest BCUT2D eigenvalue weighted by atomic mass is 9.79. The van der Waals surface area contributed by atoms with Crippen LogP contribution in [0.3, 0.4) is 0 Å². The van der Waals surface area contributed by atoms with Gasteiger partial charge in [0.2, 0.25) is 0 Å². The number of ketones is 1. The third-order valence-corrected chi connectivity index (χ3v) is 2.80. The maximum absolute atomic E-state index is 11.2. The summed E-state index contributed by atoms with van der Waals surface area (Å²) in [6.07, 6.45) is 3.52. The van der Waals surface area contributed by atoms with Gasteiger partial charge in [0.1, 0.15) is 5.78 Å². The molecule has 1 fully saturated rings. The molecule has 1 aliphatic carbocycles. The van der Waals surface area contributed by atoms with Crippen molar-refractivity contribution >= 4 is 11.8 Å². The number of hydrogen-bond donors (Lipinski definition) is 1. The first-order valence-electron chi connectivity index (χ1n) is 5.30. The topological polar surface area (TPSA) is 54.4 Å². The van der Waals surface area contributed by atoms with E-state index in [-0.39, 0.29) is 12.2 Å². The van der Waals surface area contributed by atoms with Gasteiger partial charge in [0.05, 0.1) is 6.42 Å². The summed E-state index contributed by atoms with van der Waals surface area (Å²) in [6, 6.07) is 0. The molecule has 0 spiro atoms. The summed E-state index contributed by atoms with van der Waals surface area (Å²) >= 11 is 0.